The Bertz CT molecular complexity index is 557. The molecule has 0 bridgehead atoms. The third kappa shape index (κ3) is 5.38. The summed E-state index contributed by atoms with van der Waals surface area (Å²) in [6.07, 6.45) is 1.71. The number of halogens is 2. The number of carbonyl (C=O) groups is 1. The number of likely N-dealkylation sites (tertiary alicyclic amines) is 1. The molecule has 2 fully saturated rings. The predicted molar refractivity (Wildman–Crippen MR) is 98.9 cm³/mol. The Hall–Kier alpha value is -1.21. The number of hydrogen-bond donors (Lipinski definition) is 3. The van der Waals surface area contributed by atoms with Gasteiger partial charge in [0.2, 0.25) is 5.91 Å². The molecule has 1 amide bonds. The summed E-state index contributed by atoms with van der Waals surface area (Å²) in [5.41, 5.74) is 7.58. The highest BCUT2D eigenvalue weighted by Gasteiger charge is 2.28. The van der Waals surface area contributed by atoms with Crippen LogP contribution in [0.2, 0.25) is 0 Å². The van der Waals surface area contributed by atoms with Crippen LogP contribution < -0.4 is 16.2 Å². The van der Waals surface area contributed by atoms with Gasteiger partial charge in [-0.25, -0.2) is 9.82 Å². The predicted octanol–water partition coefficient (Wildman–Crippen LogP) is 1.86. The number of hydrazine groups is 1. The van der Waals surface area contributed by atoms with Crippen molar-refractivity contribution >= 4 is 18.3 Å². The van der Waals surface area contributed by atoms with E-state index in [-0.39, 0.29) is 24.3 Å². The maximum absolute atomic E-state index is 13.1. The summed E-state index contributed by atoms with van der Waals surface area (Å²) in [6.45, 7) is 6.60. The molecule has 3 unspecified atom stereocenters. The van der Waals surface area contributed by atoms with Crippen molar-refractivity contribution in [3.8, 4) is 0 Å². The van der Waals surface area contributed by atoms with Crippen molar-refractivity contribution in [1.82, 2.24) is 21.1 Å². The molecule has 2 aliphatic rings. The molecular formula is C18H28ClFN4O. The highest BCUT2D eigenvalue weighted by molar-refractivity contribution is 5.85. The van der Waals surface area contributed by atoms with Crippen molar-refractivity contribution in [3.63, 3.8) is 0 Å². The second kappa shape index (κ2) is 9.48. The topological polar surface area (TPSA) is 56.4 Å². The minimum Gasteiger partial charge on any atom is -0.342 e. The molecule has 3 N–H and O–H groups in total. The summed E-state index contributed by atoms with van der Waals surface area (Å²) in [4.78, 5) is 13.7. The second-order valence-electron chi connectivity index (χ2n) is 7.02. The van der Waals surface area contributed by atoms with Crippen LogP contribution in [0.3, 0.4) is 0 Å². The second-order valence-corrected chi connectivity index (χ2v) is 7.02. The third-order valence-electron chi connectivity index (χ3n) is 4.93. The quantitative estimate of drug-likeness (QED) is 0.685. The molecule has 2 aliphatic heterocycles. The maximum atomic E-state index is 13.1. The molecule has 1 aromatic carbocycles. The summed E-state index contributed by atoms with van der Waals surface area (Å²) in [5, 5.41) is 3.53. The smallest absolute Gasteiger partial charge is 0.222 e. The van der Waals surface area contributed by atoms with Crippen LogP contribution in [-0.4, -0.2) is 43.5 Å². The SMILES string of the molecule is CC(CNCC1CNNC1c1ccc(F)cc1)CN1CCCC1=O.Cl. The van der Waals surface area contributed by atoms with Gasteiger partial charge in [0.25, 0.3) is 0 Å². The average molecular weight is 371 g/mol. The van der Waals surface area contributed by atoms with Crippen molar-refractivity contribution in [2.45, 2.75) is 25.8 Å². The van der Waals surface area contributed by atoms with Crippen molar-refractivity contribution < 1.29 is 9.18 Å². The number of amides is 1. The Morgan fingerprint density at radius 1 is 1.36 bits per heavy atom. The number of nitrogens with zero attached hydrogens (tertiary/aromatic N) is 1. The zero-order valence-corrected chi connectivity index (χ0v) is 15.4. The Kier molecular flexibility index (Phi) is 7.62. The van der Waals surface area contributed by atoms with E-state index < -0.39 is 0 Å². The molecule has 2 saturated heterocycles. The Morgan fingerprint density at radius 2 is 2.12 bits per heavy atom. The average Bonchev–Trinajstić information content (AvgIpc) is 3.18. The van der Waals surface area contributed by atoms with Gasteiger partial charge in [-0.3, -0.25) is 10.2 Å². The Labute approximate surface area is 155 Å². The van der Waals surface area contributed by atoms with Crippen molar-refractivity contribution in [1.29, 1.82) is 0 Å². The molecule has 0 spiro atoms. The van der Waals surface area contributed by atoms with E-state index in [1.165, 1.54) is 12.1 Å². The lowest BCUT2D eigenvalue weighted by atomic mass is 9.94. The van der Waals surface area contributed by atoms with Gasteiger partial charge in [0, 0.05) is 38.5 Å². The Morgan fingerprint density at radius 3 is 2.80 bits per heavy atom. The molecule has 7 heteroatoms. The number of benzene rings is 1. The van der Waals surface area contributed by atoms with Crippen LogP contribution in [0.1, 0.15) is 31.4 Å². The van der Waals surface area contributed by atoms with E-state index in [2.05, 4.69) is 23.1 Å². The van der Waals surface area contributed by atoms with E-state index in [9.17, 15) is 9.18 Å². The van der Waals surface area contributed by atoms with E-state index in [4.69, 9.17) is 0 Å². The van der Waals surface area contributed by atoms with Gasteiger partial charge in [-0.15, -0.1) is 12.4 Å². The van der Waals surface area contributed by atoms with Crippen LogP contribution in [0.25, 0.3) is 0 Å². The van der Waals surface area contributed by atoms with Crippen molar-refractivity contribution in [2.75, 3.05) is 32.7 Å². The molecule has 3 rings (SSSR count). The lowest BCUT2D eigenvalue weighted by molar-refractivity contribution is -0.128. The molecule has 3 atom stereocenters. The molecule has 140 valence electrons. The van der Waals surface area contributed by atoms with Gasteiger partial charge in [0.1, 0.15) is 5.82 Å². The molecule has 1 aromatic rings. The first-order chi connectivity index (χ1) is 11.6. The van der Waals surface area contributed by atoms with Crippen LogP contribution in [0, 0.1) is 17.7 Å². The summed E-state index contributed by atoms with van der Waals surface area (Å²) >= 11 is 0. The fraction of sp³-hybridized carbons (Fsp3) is 0.611. The van der Waals surface area contributed by atoms with Crippen LogP contribution in [0.5, 0.6) is 0 Å². The van der Waals surface area contributed by atoms with E-state index in [1.807, 2.05) is 17.0 Å². The largest absolute Gasteiger partial charge is 0.342 e. The molecule has 2 heterocycles. The number of carbonyl (C=O) groups excluding carboxylic acids is 1. The minimum absolute atomic E-state index is 0. The Balaban J connectivity index is 0.00000225. The summed E-state index contributed by atoms with van der Waals surface area (Å²) in [7, 11) is 0. The fourth-order valence-electron chi connectivity index (χ4n) is 3.60. The van der Waals surface area contributed by atoms with Crippen LogP contribution in [-0.2, 0) is 4.79 Å². The highest BCUT2D eigenvalue weighted by atomic mass is 35.5. The molecule has 0 aliphatic carbocycles. The zero-order chi connectivity index (χ0) is 16.9. The molecule has 5 nitrogen and oxygen atoms in total. The van der Waals surface area contributed by atoms with Gasteiger partial charge in [-0.2, -0.15) is 0 Å². The lowest BCUT2D eigenvalue weighted by Crippen LogP contribution is -2.36. The maximum Gasteiger partial charge on any atom is 0.222 e. The fourth-order valence-corrected chi connectivity index (χ4v) is 3.60. The van der Waals surface area contributed by atoms with E-state index in [0.29, 0.717) is 24.2 Å². The number of hydrogen-bond acceptors (Lipinski definition) is 4. The van der Waals surface area contributed by atoms with Gasteiger partial charge < -0.3 is 10.2 Å². The first kappa shape index (κ1) is 20.1. The minimum atomic E-state index is -0.204. The van der Waals surface area contributed by atoms with Crippen molar-refractivity contribution in [2.24, 2.45) is 11.8 Å². The van der Waals surface area contributed by atoms with Crippen molar-refractivity contribution in [3.05, 3.63) is 35.6 Å². The molecule has 0 saturated carbocycles. The van der Waals surface area contributed by atoms with Gasteiger partial charge in [0.15, 0.2) is 0 Å². The molecule has 0 radical (unpaired) electrons. The van der Waals surface area contributed by atoms with Crippen LogP contribution >= 0.6 is 12.4 Å². The van der Waals surface area contributed by atoms with Crippen LogP contribution in [0.15, 0.2) is 24.3 Å². The molecular weight excluding hydrogens is 343 g/mol. The van der Waals surface area contributed by atoms with E-state index >= 15 is 0 Å². The first-order valence-corrected chi connectivity index (χ1v) is 8.86. The van der Waals surface area contributed by atoms with Crippen LogP contribution in [0.4, 0.5) is 4.39 Å². The normalized spacial score (nSPS) is 24.4. The van der Waals surface area contributed by atoms with Gasteiger partial charge in [-0.05, 0) is 36.6 Å². The molecule has 25 heavy (non-hydrogen) atoms. The number of rotatable bonds is 7. The van der Waals surface area contributed by atoms with E-state index in [0.717, 1.165) is 44.7 Å². The first-order valence-electron chi connectivity index (χ1n) is 8.86. The highest BCUT2D eigenvalue weighted by Crippen LogP contribution is 2.24. The third-order valence-corrected chi connectivity index (χ3v) is 4.93. The summed E-state index contributed by atoms with van der Waals surface area (Å²) in [6, 6.07) is 6.89. The van der Waals surface area contributed by atoms with Gasteiger partial charge in [0.05, 0.1) is 6.04 Å². The monoisotopic (exact) mass is 370 g/mol. The zero-order valence-electron chi connectivity index (χ0n) is 14.6. The number of nitrogens with one attached hydrogen (secondary N) is 3. The summed E-state index contributed by atoms with van der Waals surface area (Å²) in [5.74, 6) is 0.946. The molecule has 0 aromatic heterocycles. The summed E-state index contributed by atoms with van der Waals surface area (Å²) < 4.78 is 13.1. The lowest BCUT2D eigenvalue weighted by Gasteiger charge is -2.23. The standard InChI is InChI=1S/C18H27FN4O.ClH/c1-13(12-23-8-2-3-17(23)24)9-20-10-15-11-21-22-18(15)14-4-6-16(19)7-5-14;/h4-7,13,15,18,20-22H,2-3,8-12H2,1H3;1H. The van der Waals surface area contributed by atoms with Gasteiger partial charge in [-0.1, -0.05) is 19.1 Å². The van der Waals surface area contributed by atoms with E-state index in [1.54, 1.807) is 0 Å². The van der Waals surface area contributed by atoms with Gasteiger partial charge >= 0.3 is 0 Å².